The van der Waals surface area contributed by atoms with Gasteiger partial charge in [-0.1, -0.05) is 121 Å². The topological polar surface area (TPSA) is 50.9 Å². The van der Waals surface area contributed by atoms with E-state index >= 15 is 0 Å². The van der Waals surface area contributed by atoms with Gasteiger partial charge in [0.25, 0.3) is 0 Å². The van der Waals surface area contributed by atoms with E-state index in [9.17, 15) is 5.26 Å². The van der Waals surface area contributed by atoms with Crippen LogP contribution in [-0.4, -0.2) is 6.21 Å². The van der Waals surface area contributed by atoms with Crippen LogP contribution in [0, 0.1) is 16.7 Å². The van der Waals surface area contributed by atoms with E-state index in [1.165, 1.54) is 44.8 Å². The highest BCUT2D eigenvalue weighted by Gasteiger charge is 2.23. The summed E-state index contributed by atoms with van der Waals surface area (Å²) in [7, 11) is 0. The van der Waals surface area contributed by atoms with Crippen molar-refractivity contribution >= 4 is 34.0 Å². The van der Waals surface area contributed by atoms with Gasteiger partial charge in [-0.3, -0.25) is 0 Å². The average Bonchev–Trinajstić information content (AvgIpc) is 3.53. The highest BCUT2D eigenvalue weighted by Crippen LogP contribution is 2.49. The molecular weight excluding hydrogens is 619 g/mol. The van der Waals surface area contributed by atoms with Crippen LogP contribution in [0.3, 0.4) is 0 Å². The van der Waals surface area contributed by atoms with Crippen LogP contribution < -0.4 is 4.90 Å². The molecule has 0 unspecified atom stereocenters. The molecule has 8 aromatic carbocycles. The molecule has 0 bridgehead atoms. The molecule has 0 fully saturated rings. The summed E-state index contributed by atoms with van der Waals surface area (Å²) < 4.78 is 0. The van der Waals surface area contributed by atoms with Gasteiger partial charge in [-0.05, 0) is 127 Å². The molecule has 3 nitrogen and oxygen atoms in total. The van der Waals surface area contributed by atoms with Crippen molar-refractivity contribution in [1.29, 1.82) is 10.7 Å². The maximum absolute atomic E-state index is 9.47. The molecule has 0 spiro atoms. The molecule has 0 heterocycles. The molecule has 0 aromatic heterocycles. The molecule has 51 heavy (non-hydrogen) atoms. The smallest absolute Gasteiger partial charge is 0.0991 e. The minimum Gasteiger partial charge on any atom is -0.310 e. The number of nitriles is 1. The van der Waals surface area contributed by atoms with Gasteiger partial charge < -0.3 is 10.3 Å². The number of nitrogens with one attached hydrogen (secondary N) is 1. The summed E-state index contributed by atoms with van der Waals surface area (Å²) >= 11 is 0. The molecule has 0 saturated carbocycles. The van der Waals surface area contributed by atoms with Gasteiger partial charge in [-0.15, -0.1) is 0 Å². The molecule has 3 heteroatoms. The molecule has 0 radical (unpaired) electrons. The maximum atomic E-state index is 9.47. The zero-order valence-electron chi connectivity index (χ0n) is 27.7. The van der Waals surface area contributed by atoms with Crippen molar-refractivity contribution in [1.82, 2.24) is 0 Å². The second-order valence-electron chi connectivity index (χ2n) is 12.9. The van der Waals surface area contributed by atoms with Crippen molar-refractivity contribution in [3.05, 3.63) is 187 Å². The Morgan fingerprint density at radius 2 is 1.00 bits per heavy atom. The lowest BCUT2D eigenvalue weighted by atomic mass is 9.94. The normalized spacial score (nSPS) is 11.2. The van der Waals surface area contributed by atoms with Gasteiger partial charge in [0.05, 0.1) is 11.6 Å². The molecule has 0 saturated heterocycles. The molecule has 238 valence electrons. The zero-order chi connectivity index (χ0) is 34.3. The second-order valence-corrected chi connectivity index (χ2v) is 12.9. The van der Waals surface area contributed by atoms with Crippen molar-refractivity contribution in [2.45, 2.75) is 0 Å². The van der Waals surface area contributed by atoms with Crippen LogP contribution in [0.2, 0.25) is 0 Å². The number of para-hydroxylation sites is 1. The lowest BCUT2D eigenvalue weighted by molar-refractivity contribution is 1.28. The standard InChI is InChI=1S/C48H31N3/c49-30-32-16-20-34(21-17-32)37-26-38(35-22-18-33(31-50)19-23-35)29-41(28-37)51(39-9-2-1-3-10-39)40-11-6-8-36(27-40)42-24-25-47-44-13-5-4-12-43(44)46-15-7-14-45(42)48(46)47/h1-30,49H. The van der Waals surface area contributed by atoms with Crippen LogP contribution in [-0.2, 0) is 0 Å². The number of hydrogen-bond acceptors (Lipinski definition) is 3. The summed E-state index contributed by atoms with van der Waals surface area (Å²) in [6.45, 7) is 0. The van der Waals surface area contributed by atoms with E-state index in [-0.39, 0.29) is 0 Å². The van der Waals surface area contributed by atoms with Crippen LogP contribution in [0.4, 0.5) is 17.1 Å². The van der Waals surface area contributed by atoms with E-state index in [2.05, 4.69) is 144 Å². The van der Waals surface area contributed by atoms with Gasteiger partial charge in [0.2, 0.25) is 0 Å². The Morgan fingerprint density at radius 1 is 0.431 bits per heavy atom. The molecule has 0 aliphatic heterocycles. The Bertz CT molecular complexity index is 2620. The predicted molar refractivity (Wildman–Crippen MR) is 212 cm³/mol. The Hall–Kier alpha value is -7.02. The first-order valence-electron chi connectivity index (χ1n) is 17.1. The molecule has 9 rings (SSSR count). The van der Waals surface area contributed by atoms with Crippen LogP contribution >= 0.6 is 0 Å². The van der Waals surface area contributed by atoms with Crippen molar-refractivity contribution in [2.75, 3.05) is 4.90 Å². The van der Waals surface area contributed by atoms with Crippen molar-refractivity contribution in [3.8, 4) is 61.7 Å². The minimum atomic E-state index is 0.631. The summed E-state index contributed by atoms with van der Waals surface area (Å²) in [5.74, 6) is 0. The van der Waals surface area contributed by atoms with Gasteiger partial charge in [0, 0.05) is 23.3 Å². The van der Waals surface area contributed by atoms with Crippen LogP contribution in [0.1, 0.15) is 11.1 Å². The number of rotatable bonds is 7. The largest absolute Gasteiger partial charge is 0.310 e. The molecule has 1 aliphatic rings. The number of fused-ring (bicyclic) bond motifs is 3. The van der Waals surface area contributed by atoms with Gasteiger partial charge in [0.1, 0.15) is 0 Å². The van der Waals surface area contributed by atoms with E-state index in [1.54, 1.807) is 0 Å². The van der Waals surface area contributed by atoms with E-state index in [0.717, 1.165) is 50.4 Å². The molecule has 1 N–H and O–H groups in total. The van der Waals surface area contributed by atoms with Gasteiger partial charge in [-0.2, -0.15) is 5.26 Å². The fourth-order valence-corrected chi connectivity index (χ4v) is 7.48. The summed E-state index contributed by atoms with van der Waals surface area (Å²) in [6.07, 6.45) is 1.37. The lowest BCUT2D eigenvalue weighted by Crippen LogP contribution is -2.10. The molecule has 0 atom stereocenters. The quantitative estimate of drug-likeness (QED) is 0.175. The van der Waals surface area contributed by atoms with Crippen molar-refractivity contribution < 1.29 is 0 Å². The van der Waals surface area contributed by atoms with Crippen LogP contribution in [0.5, 0.6) is 0 Å². The van der Waals surface area contributed by atoms with Crippen molar-refractivity contribution in [3.63, 3.8) is 0 Å². The van der Waals surface area contributed by atoms with E-state index in [1.807, 2.05) is 42.5 Å². The zero-order valence-corrected chi connectivity index (χ0v) is 27.7. The van der Waals surface area contributed by atoms with Crippen LogP contribution in [0.15, 0.2) is 176 Å². The first-order valence-corrected chi connectivity index (χ1v) is 17.1. The van der Waals surface area contributed by atoms with Crippen LogP contribution in [0.25, 0.3) is 66.4 Å². The Morgan fingerprint density at radius 3 is 1.69 bits per heavy atom. The monoisotopic (exact) mass is 649 g/mol. The summed E-state index contributed by atoms with van der Waals surface area (Å²) in [6, 6.07) is 64.1. The third-order valence-electron chi connectivity index (χ3n) is 9.91. The minimum absolute atomic E-state index is 0.631. The summed E-state index contributed by atoms with van der Waals surface area (Å²) in [5.41, 5.74) is 16.3. The Labute approximate surface area is 297 Å². The molecule has 0 amide bonds. The Kier molecular flexibility index (Phi) is 7.34. The predicted octanol–water partition coefficient (Wildman–Crippen LogP) is 12.8. The SMILES string of the molecule is N#Cc1ccc(-c2cc(-c3ccc(C=N)cc3)cc(N(c3ccccc3)c3cccc(-c4ccc5c6c(cccc46)-c4ccccc4-5)c3)c2)cc1. The molecule has 1 aliphatic carbocycles. The van der Waals surface area contributed by atoms with Crippen molar-refractivity contribution in [2.24, 2.45) is 0 Å². The number of hydrogen-bond donors (Lipinski definition) is 1. The highest BCUT2D eigenvalue weighted by atomic mass is 15.1. The van der Waals surface area contributed by atoms with Gasteiger partial charge in [-0.25, -0.2) is 0 Å². The van der Waals surface area contributed by atoms with E-state index in [0.29, 0.717) is 5.56 Å². The highest BCUT2D eigenvalue weighted by molar-refractivity contribution is 6.18. The fraction of sp³-hybridized carbons (Fsp3) is 0. The molecular formula is C48H31N3. The first-order chi connectivity index (χ1) is 25.2. The van der Waals surface area contributed by atoms with E-state index in [4.69, 9.17) is 5.41 Å². The average molecular weight is 650 g/mol. The van der Waals surface area contributed by atoms with Gasteiger partial charge >= 0.3 is 0 Å². The van der Waals surface area contributed by atoms with Gasteiger partial charge in [0.15, 0.2) is 0 Å². The number of nitrogens with zero attached hydrogens (tertiary/aromatic N) is 2. The number of anilines is 3. The maximum Gasteiger partial charge on any atom is 0.0991 e. The van der Waals surface area contributed by atoms with E-state index < -0.39 is 0 Å². The third-order valence-corrected chi connectivity index (χ3v) is 9.91. The fourth-order valence-electron chi connectivity index (χ4n) is 7.48. The Balaban J connectivity index is 1.23. The molecule has 8 aromatic rings. The first kappa shape index (κ1) is 30.1. The summed E-state index contributed by atoms with van der Waals surface area (Å²) in [5, 5.41) is 19.7. The third kappa shape index (κ3) is 5.27. The summed E-state index contributed by atoms with van der Waals surface area (Å²) in [4.78, 5) is 2.32. The number of benzene rings is 8. The second kappa shape index (κ2) is 12.5. The lowest BCUT2D eigenvalue weighted by Gasteiger charge is -2.27.